The van der Waals surface area contributed by atoms with Crippen LogP contribution < -0.4 is 37.9 Å². The number of alkyl halides is 5. The third-order valence-electron chi connectivity index (χ3n) is 6.21. The number of benzene rings is 2. The first-order valence-corrected chi connectivity index (χ1v) is 26.8. The topological polar surface area (TPSA) is 375 Å². The molecule has 0 saturated heterocycles. The van der Waals surface area contributed by atoms with Crippen LogP contribution in [0.1, 0.15) is 43.4 Å². The maximum absolute atomic E-state index is 11.5. The van der Waals surface area contributed by atoms with E-state index >= 15 is 0 Å². The molecule has 0 bridgehead atoms. The fourth-order valence-corrected chi connectivity index (χ4v) is 5.78. The first-order chi connectivity index (χ1) is 34.1. The van der Waals surface area contributed by atoms with Crippen LogP contribution in [0.25, 0.3) is 6.08 Å². The van der Waals surface area contributed by atoms with Crippen molar-refractivity contribution in [3.63, 3.8) is 0 Å². The Morgan fingerprint density at radius 1 is 0.827 bits per heavy atom. The molecule has 24 nitrogen and oxygen atoms in total. The van der Waals surface area contributed by atoms with Crippen molar-refractivity contribution < 1.29 is 113 Å². The van der Waals surface area contributed by atoms with Crippen molar-refractivity contribution in [3.8, 4) is 11.5 Å². The van der Waals surface area contributed by atoms with Gasteiger partial charge in [-0.1, -0.05) is 75.1 Å². The van der Waals surface area contributed by atoms with Crippen molar-refractivity contribution in [3.05, 3.63) is 74.3 Å². The van der Waals surface area contributed by atoms with Crippen LogP contribution in [0.15, 0.2) is 63.8 Å². The average Bonchev–Trinajstić information content (AvgIpc) is 3.81. The summed E-state index contributed by atoms with van der Waals surface area (Å²) in [5.74, 6) is -4.44. The molecule has 0 radical (unpaired) electrons. The normalized spacial score (nSPS) is 11.6. The Morgan fingerprint density at radius 2 is 1.29 bits per heavy atom. The molecule has 75 heavy (non-hydrogen) atoms. The molecule has 2 aromatic rings. The fraction of sp³-hybridized carbons (Fsp3) is 0.351. The minimum absolute atomic E-state index is 0. The summed E-state index contributed by atoms with van der Waals surface area (Å²) in [7, 11) is 0.969. The van der Waals surface area contributed by atoms with Gasteiger partial charge in [-0.25, -0.2) is 0 Å². The molecule has 1 aliphatic rings. The Labute approximate surface area is 507 Å². The molecule has 0 spiro atoms. The molecule has 38 heteroatoms. The number of carboxylic acid groups (broad SMARTS) is 1. The van der Waals surface area contributed by atoms with Crippen LogP contribution in [-0.4, -0.2) is 139 Å². The molecular formula is C37H42Cl11N4NaO20S2. The van der Waals surface area contributed by atoms with E-state index in [0.29, 0.717) is 22.8 Å². The number of carboxylic acids is 1. The Morgan fingerprint density at radius 3 is 1.64 bits per heavy atom. The fourth-order valence-electron chi connectivity index (χ4n) is 3.64. The summed E-state index contributed by atoms with van der Waals surface area (Å²) in [5.41, 5.74) is 0.977. The van der Waals surface area contributed by atoms with Gasteiger partial charge in [-0.2, -0.15) is 16.8 Å². The number of Topliss-reactive ketones (excluding diaryl/α,β-unsaturated/α-hetero) is 5. The number of carbonyl (C=O) groups excluding carboxylic acids is 6. The second kappa shape index (κ2) is 51.7. The van der Waals surface area contributed by atoms with E-state index < -0.39 is 67.2 Å². The van der Waals surface area contributed by atoms with E-state index in [2.05, 4.69) is 48.5 Å². The van der Waals surface area contributed by atoms with Crippen LogP contribution in [0.4, 0.5) is 0 Å². The number of oxime groups is 3. The van der Waals surface area contributed by atoms with Gasteiger partial charge in [-0.15, -0.1) is 75.8 Å². The zero-order valence-electron chi connectivity index (χ0n) is 38.8. The second-order valence-electron chi connectivity index (χ2n) is 11.7. The number of hydrogen-bond acceptors (Lipinski definition) is 23. The van der Waals surface area contributed by atoms with Crippen LogP contribution in [0.5, 0.6) is 11.5 Å². The van der Waals surface area contributed by atoms with Crippen molar-refractivity contribution in [2.45, 2.75) is 32.3 Å². The molecule has 0 aromatic heterocycles. The Kier molecular flexibility index (Phi) is 59.2. The molecular weight excluding hydrogens is 1300 g/mol. The van der Waals surface area contributed by atoms with Crippen LogP contribution in [0.2, 0.25) is 10.0 Å². The molecule has 0 saturated carbocycles. The first-order valence-electron chi connectivity index (χ1n) is 18.2. The smallest absolute Gasteiger partial charge is 0.481 e. The van der Waals surface area contributed by atoms with Crippen LogP contribution >= 0.6 is 127 Å². The van der Waals surface area contributed by atoms with E-state index in [9.17, 15) is 50.4 Å². The minimum atomic E-state index is -3.72. The van der Waals surface area contributed by atoms with E-state index in [1.165, 1.54) is 18.2 Å². The molecule has 420 valence electrons. The molecule has 2 aromatic carbocycles. The van der Waals surface area contributed by atoms with Gasteiger partial charge in [0.25, 0.3) is 0 Å². The van der Waals surface area contributed by atoms with Crippen LogP contribution in [0.3, 0.4) is 0 Å². The number of hydrogen-bond donors (Lipinski definition) is 3. The maximum Gasteiger partial charge on any atom is 1.00 e. The number of carbonyl (C=O) groups is 7. The largest absolute Gasteiger partial charge is 1.00 e. The zero-order chi connectivity index (χ0) is 57.9. The summed E-state index contributed by atoms with van der Waals surface area (Å²) in [6.07, 6.45) is 2.87. The zero-order valence-corrected chi connectivity index (χ0v) is 50.9. The van der Waals surface area contributed by atoms with Crippen molar-refractivity contribution >= 4 is 211 Å². The first kappa shape index (κ1) is 85.9. The molecule has 1 atom stereocenters. The standard InChI is InChI=1S/C12H11Cl2NO5S.C9H9ClO3S.C6H9ClO3.C4H5ClO3.C3H3Cl2NO2.C3H4ClNO2.Cl2.ClH.HNO2.Na/c1-21(17,18)20-10-4-2-3-7(14)12(10)11-5-8(15-19-11)9(16)6-13;1-3-7-8(10)5-4-6-9(7)13-14(2,11)12;1-2-10-6(9)3-5(8)4-7;5-2-3(6)1-4(7)8;4-1-2(7)3(5)6-8;4-1-3(6)2-5-7;1-2;;2-1-3;/h2-4,11H,5-6H2,1H3;3-6H,1H2,2H3;2-4H2,1H3;1-2H2,(H,7,8);8H,1H2;2,7H,1H2;;1H;(H,2,3);/q;;;;;;;;;+1/p-1/b;;;;6-3-;5-2+;;;;. The van der Waals surface area contributed by atoms with E-state index in [1.54, 1.807) is 31.2 Å². The third kappa shape index (κ3) is 47.9. The molecule has 0 fully saturated rings. The summed E-state index contributed by atoms with van der Waals surface area (Å²) >= 11 is 42.4. The van der Waals surface area contributed by atoms with Gasteiger partial charge in [0.15, 0.2) is 40.7 Å². The van der Waals surface area contributed by atoms with Crippen LogP contribution in [0, 0.1) is 10.1 Å². The molecule has 0 aliphatic carbocycles. The predicted molar refractivity (Wildman–Crippen MR) is 285 cm³/mol. The Hall–Kier alpha value is -3.03. The van der Waals surface area contributed by atoms with Gasteiger partial charge < -0.3 is 43.6 Å². The number of halogens is 11. The maximum atomic E-state index is 11.5. The van der Waals surface area contributed by atoms with Gasteiger partial charge in [0.1, 0.15) is 24.8 Å². The molecule has 1 aliphatic heterocycles. The molecule has 1 unspecified atom stereocenters. The van der Waals surface area contributed by atoms with Gasteiger partial charge in [0, 0.05) is 33.7 Å². The molecule has 3 rings (SSSR count). The number of rotatable bonds is 19. The summed E-state index contributed by atoms with van der Waals surface area (Å²) in [6, 6.07) is 9.32. The summed E-state index contributed by atoms with van der Waals surface area (Å²) in [4.78, 5) is 85.6. The summed E-state index contributed by atoms with van der Waals surface area (Å²) in [5, 5.41) is 41.1. The number of esters is 1. The average molecular weight is 1340 g/mol. The summed E-state index contributed by atoms with van der Waals surface area (Å²) < 4.78 is 58.5. The van der Waals surface area contributed by atoms with Crippen molar-refractivity contribution in [1.29, 1.82) is 0 Å². The van der Waals surface area contributed by atoms with Gasteiger partial charge in [-0.05, 0) is 31.2 Å². The van der Waals surface area contributed by atoms with E-state index in [0.717, 1.165) is 24.1 Å². The van der Waals surface area contributed by atoms with Crippen molar-refractivity contribution in [2.24, 2.45) is 20.8 Å². The van der Waals surface area contributed by atoms with Crippen LogP contribution in [-0.2, 0) is 63.4 Å². The number of ketones is 5. The van der Waals surface area contributed by atoms with Gasteiger partial charge >= 0.3 is 61.7 Å². The molecule has 0 amide bonds. The number of nitrogens with zero attached hydrogens (tertiary/aromatic N) is 4. The van der Waals surface area contributed by atoms with Crippen molar-refractivity contribution in [2.75, 3.05) is 48.5 Å². The monoisotopic (exact) mass is 1330 g/mol. The Balaban J connectivity index is -0.000000152. The van der Waals surface area contributed by atoms with E-state index in [-0.39, 0.29) is 118 Å². The van der Waals surface area contributed by atoms with Crippen molar-refractivity contribution in [1.82, 2.24) is 0 Å². The number of aliphatic carboxylic acids is 1. The SMILES string of the molecule is C=Cc1c(Cl)cccc1OS(C)(=O)=O.CCOC(=O)CC(=O)CCl.CS(=O)(=O)Oc1cccc(Cl)c1C1CC(C(=O)CCl)=NO1.Cl.ClCl.O=C(/C=N/O)CCl.O=C(CCl)/C(Cl)=N/O.O=C(O)CC(=O)CCl.O=N[O-].[Na+]. The summed E-state index contributed by atoms with van der Waals surface area (Å²) in [6.45, 7) is 5.51. The number of ether oxygens (including phenoxy) is 1. The van der Waals surface area contributed by atoms with E-state index in [1.807, 2.05) is 0 Å². The quantitative estimate of drug-likeness (QED) is 0.0173. The van der Waals surface area contributed by atoms with E-state index in [4.69, 9.17) is 132 Å². The van der Waals surface area contributed by atoms with Gasteiger partial charge in [-0.3, -0.25) is 33.6 Å². The third-order valence-corrected chi connectivity index (χ3v) is 9.47. The second-order valence-corrected chi connectivity index (χ2v) is 17.4. The van der Waals surface area contributed by atoms with Gasteiger partial charge in [0.2, 0.25) is 11.0 Å². The minimum Gasteiger partial charge on any atom is -0.481 e. The van der Waals surface area contributed by atoms with Gasteiger partial charge in [0.05, 0.1) is 64.1 Å². The predicted octanol–water partition coefficient (Wildman–Crippen LogP) is 5.77. The Bertz CT molecular complexity index is 2430. The molecule has 3 N–H and O–H groups in total. The molecule has 1 heterocycles.